The number of nitrogens with zero attached hydrogens (tertiary/aromatic N) is 1. The zero-order valence-electron chi connectivity index (χ0n) is 16.0. The molecule has 0 spiro atoms. The van der Waals surface area contributed by atoms with Gasteiger partial charge in [0.1, 0.15) is 0 Å². The second-order valence-corrected chi connectivity index (χ2v) is 8.14. The van der Waals surface area contributed by atoms with Gasteiger partial charge >= 0.3 is 0 Å². The molecule has 2 saturated carbocycles. The second-order valence-electron chi connectivity index (χ2n) is 8.14. The fourth-order valence-corrected chi connectivity index (χ4v) is 5.17. The third-order valence-corrected chi connectivity index (χ3v) is 6.58. The number of ether oxygens (including phenoxy) is 1. The Labute approximate surface area is 152 Å². The monoisotopic (exact) mass is 347 g/mol. The molecule has 0 unspecified atom stereocenters. The van der Waals surface area contributed by atoms with Gasteiger partial charge < -0.3 is 4.74 Å². The third-order valence-electron chi connectivity index (χ3n) is 6.58. The Bertz CT molecular complexity index is 531. The molecule has 2 aliphatic carbocycles. The lowest BCUT2D eigenvalue weighted by Gasteiger charge is -2.37. The number of hydrogen-bond acceptors (Lipinski definition) is 2. The summed E-state index contributed by atoms with van der Waals surface area (Å²) in [6.45, 7) is 4.65. The van der Waals surface area contributed by atoms with Crippen molar-refractivity contribution in [3.8, 4) is 5.75 Å². The Morgan fingerprint density at radius 1 is 0.960 bits per heavy atom. The molecule has 0 radical (unpaired) electrons. The molecule has 0 amide bonds. The lowest BCUT2D eigenvalue weighted by Crippen LogP contribution is -2.25. The van der Waals surface area contributed by atoms with Crippen LogP contribution < -0.4 is 4.74 Å². The average Bonchev–Trinajstić information content (AvgIpc) is 2.65. The van der Waals surface area contributed by atoms with Gasteiger partial charge in [-0.15, -0.1) is 0 Å². The molecule has 0 aliphatic heterocycles. The maximum absolute atomic E-state index is 14.0. The molecular formula is C22H34FNO. The normalized spacial score (nSPS) is 30.2. The molecule has 0 saturated heterocycles. The standard InChI is InChI=1S/C22H34FNO/c1-3-5-16-6-8-17(9-7-16)18-10-12-19(13-11-18)20-14-15-21(25-4-2)22(23)24-20/h14-19H,3-13H2,1-2H3. The fraction of sp³-hybridized carbons (Fsp3) is 0.773. The van der Waals surface area contributed by atoms with Crippen LogP contribution in [0.5, 0.6) is 5.75 Å². The molecule has 140 valence electrons. The molecule has 1 heterocycles. The Hall–Kier alpha value is -1.12. The van der Waals surface area contributed by atoms with Crippen LogP contribution >= 0.6 is 0 Å². The van der Waals surface area contributed by atoms with Crippen LogP contribution in [0.25, 0.3) is 0 Å². The van der Waals surface area contributed by atoms with Crippen molar-refractivity contribution in [2.75, 3.05) is 6.61 Å². The van der Waals surface area contributed by atoms with Crippen LogP contribution in [-0.4, -0.2) is 11.6 Å². The molecule has 0 aromatic carbocycles. The Morgan fingerprint density at radius 3 is 2.16 bits per heavy atom. The SMILES string of the molecule is CCCC1CCC(C2CCC(c3ccc(OCC)c(F)n3)CC2)CC1. The van der Waals surface area contributed by atoms with E-state index in [1.54, 1.807) is 6.07 Å². The van der Waals surface area contributed by atoms with Gasteiger partial charge in [-0.3, -0.25) is 0 Å². The first-order valence-electron chi connectivity index (χ1n) is 10.5. The van der Waals surface area contributed by atoms with Crippen LogP contribution in [0.3, 0.4) is 0 Å². The predicted molar refractivity (Wildman–Crippen MR) is 100 cm³/mol. The van der Waals surface area contributed by atoms with E-state index in [0.29, 0.717) is 12.5 Å². The van der Waals surface area contributed by atoms with Crippen LogP contribution in [-0.2, 0) is 0 Å². The van der Waals surface area contributed by atoms with E-state index in [-0.39, 0.29) is 5.75 Å². The molecule has 25 heavy (non-hydrogen) atoms. The molecule has 2 nitrogen and oxygen atoms in total. The highest BCUT2D eigenvalue weighted by atomic mass is 19.1. The van der Waals surface area contributed by atoms with Crippen LogP contribution in [0.4, 0.5) is 4.39 Å². The lowest BCUT2D eigenvalue weighted by molar-refractivity contribution is 0.155. The summed E-state index contributed by atoms with van der Waals surface area (Å²) in [5.41, 5.74) is 0.922. The highest BCUT2D eigenvalue weighted by Crippen LogP contribution is 2.44. The fourth-order valence-electron chi connectivity index (χ4n) is 5.17. The van der Waals surface area contributed by atoms with Crippen LogP contribution in [0.2, 0.25) is 0 Å². The van der Waals surface area contributed by atoms with E-state index in [9.17, 15) is 4.39 Å². The summed E-state index contributed by atoms with van der Waals surface area (Å²) in [6.07, 6.45) is 13.5. The Kier molecular flexibility index (Phi) is 6.72. The highest BCUT2D eigenvalue weighted by molar-refractivity contribution is 5.23. The van der Waals surface area contributed by atoms with Gasteiger partial charge in [0.25, 0.3) is 5.95 Å². The van der Waals surface area contributed by atoms with E-state index >= 15 is 0 Å². The van der Waals surface area contributed by atoms with E-state index in [4.69, 9.17) is 4.74 Å². The molecule has 3 heteroatoms. The van der Waals surface area contributed by atoms with Crippen LogP contribution in [0.15, 0.2) is 12.1 Å². The summed E-state index contributed by atoms with van der Waals surface area (Å²) in [4.78, 5) is 4.19. The van der Waals surface area contributed by atoms with Gasteiger partial charge in [-0.1, -0.05) is 32.6 Å². The molecule has 2 aliphatic rings. The minimum absolute atomic E-state index is 0.281. The van der Waals surface area contributed by atoms with Crippen LogP contribution in [0.1, 0.15) is 89.7 Å². The smallest absolute Gasteiger partial charge is 0.255 e. The zero-order chi connectivity index (χ0) is 17.6. The Morgan fingerprint density at radius 2 is 1.60 bits per heavy atom. The summed E-state index contributed by atoms with van der Waals surface area (Å²) < 4.78 is 19.3. The molecule has 0 N–H and O–H groups in total. The van der Waals surface area contributed by atoms with Gasteiger partial charge in [0, 0.05) is 11.6 Å². The predicted octanol–water partition coefficient (Wildman–Crippen LogP) is 6.50. The van der Waals surface area contributed by atoms with Crippen molar-refractivity contribution in [3.05, 3.63) is 23.8 Å². The number of aromatic nitrogens is 1. The van der Waals surface area contributed by atoms with Crippen molar-refractivity contribution < 1.29 is 9.13 Å². The van der Waals surface area contributed by atoms with Gasteiger partial charge in [-0.2, -0.15) is 4.39 Å². The van der Waals surface area contributed by atoms with E-state index in [1.807, 2.05) is 13.0 Å². The summed E-state index contributed by atoms with van der Waals surface area (Å²) >= 11 is 0. The number of halogens is 1. The molecule has 0 atom stereocenters. The lowest BCUT2D eigenvalue weighted by atomic mass is 9.68. The molecule has 2 fully saturated rings. The van der Waals surface area contributed by atoms with Gasteiger partial charge in [-0.25, -0.2) is 4.98 Å². The van der Waals surface area contributed by atoms with Crippen molar-refractivity contribution in [2.45, 2.75) is 84.0 Å². The van der Waals surface area contributed by atoms with Crippen LogP contribution in [0, 0.1) is 23.7 Å². The molecular weight excluding hydrogens is 313 g/mol. The molecule has 1 aromatic rings. The number of rotatable bonds is 6. The quantitative estimate of drug-likeness (QED) is 0.548. The summed E-state index contributed by atoms with van der Waals surface area (Å²) in [6, 6.07) is 3.72. The largest absolute Gasteiger partial charge is 0.489 e. The van der Waals surface area contributed by atoms with E-state index in [2.05, 4.69) is 11.9 Å². The van der Waals surface area contributed by atoms with Gasteiger partial charge in [-0.05, 0) is 75.3 Å². The first-order chi connectivity index (χ1) is 12.2. The van der Waals surface area contributed by atoms with E-state index in [0.717, 1.165) is 23.4 Å². The zero-order valence-corrected chi connectivity index (χ0v) is 16.0. The molecule has 0 bridgehead atoms. The third kappa shape index (κ3) is 4.74. The average molecular weight is 348 g/mol. The first kappa shape index (κ1) is 18.7. The van der Waals surface area contributed by atoms with Crippen molar-refractivity contribution in [1.82, 2.24) is 4.98 Å². The number of hydrogen-bond donors (Lipinski definition) is 0. The summed E-state index contributed by atoms with van der Waals surface area (Å²) in [5, 5.41) is 0. The van der Waals surface area contributed by atoms with Gasteiger partial charge in [0.2, 0.25) is 0 Å². The second kappa shape index (κ2) is 9.00. The van der Waals surface area contributed by atoms with Crippen molar-refractivity contribution in [1.29, 1.82) is 0 Å². The summed E-state index contributed by atoms with van der Waals surface area (Å²) in [7, 11) is 0. The van der Waals surface area contributed by atoms with Gasteiger partial charge in [0.15, 0.2) is 5.75 Å². The summed E-state index contributed by atoms with van der Waals surface area (Å²) in [5.74, 6) is 3.09. The maximum Gasteiger partial charge on any atom is 0.255 e. The highest BCUT2D eigenvalue weighted by Gasteiger charge is 2.31. The minimum atomic E-state index is -0.448. The van der Waals surface area contributed by atoms with E-state index in [1.165, 1.54) is 64.2 Å². The first-order valence-corrected chi connectivity index (χ1v) is 10.5. The van der Waals surface area contributed by atoms with Crippen molar-refractivity contribution in [3.63, 3.8) is 0 Å². The van der Waals surface area contributed by atoms with E-state index < -0.39 is 5.95 Å². The van der Waals surface area contributed by atoms with Crippen molar-refractivity contribution >= 4 is 0 Å². The maximum atomic E-state index is 14.0. The Balaban J connectivity index is 1.50. The molecule has 3 rings (SSSR count). The number of pyridine rings is 1. The molecule has 1 aromatic heterocycles. The topological polar surface area (TPSA) is 22.1 Å². The van der Waals surface area contributed by atoms with Gasteiger partial charge in [0.05, 0.1) is 6.61 Å². The van der Waals surface area contributed by atoms with Crippen molar-refractivity contribution in [2.24, 2.45) is 17.8 Å². The minimum Gasteiger partial charge on any atom is -0.489 e.